The summed E-state index contributed by atoms with van der Waals surface area (Å²) in [7, 11) is 1.29. The molecular weight excluding hydrogens is 731 g/mol. The van der Waals surface area contributed by atoms with E-state index in [0.717, 1.165) is 95.2 Å². The van der Waals surface area contributed by atoms with Gasteiger partial charge in [0.05, 0.1) is 43.0 Å². The zero-order valence-electron chi connectivity index (χ0n) is 34.4. The van der Waals surface area contributed by atoms with Crippen molar-refractivity contribution in [3.05, 3.63) is 84.7 Å². The third kappa shape index (κ3) is 8.33. The summed E-state index contributed by atoms with van der Waals surface area (Å²) in [4.78, 5) is 57.1. The molecular formula is C46H55N7O5. The fourth-order valence-electron chi connectivity index (χ4n) is 8.75. The first-order chi connectivity index (χ1) is 27.8. The molecule has 1 saturated heterocycles. The van der Waals surface area contributed by atoms with Crippen LogP contribution in [0, 0.1) is 17.3 Å². The number of nitrogens with one attached hydrogen (secondary N) is 4. The van der Waals surface area contributed by atoms with Crippen molar-refractivity contribution in [1.82, 2.24) is 35.5 Å². The molecule has 12 nitrogen and oxygen atoms in total. The number of rotatable bonds is 10. The lowest BCUT2D eigenvalue weighted by atomic mass is 9.96. The van der Waals surface area contributed by atoms with Gasteiger partial charge in [-0.3, -0.25) is 9.69 Å². The number of carbonyl (C=O) groups is 3. The molecule has 3 aliphatic rings. The molecule has 3 atom stereocenters. The van der Waals surface area contributed by atoms with Crippen molar-refractivity contribution in [3.63, 3.8) is 0 Å². The largest absolute Gasteiger partial charge is 0.453 e. The molecule has 2 saturated carbocycles. The molecule has 0 unspecified atom stereocenters. The highest BCUT2D eigenvalue weighted by Crippen LogP contribution is 2.58. The summed E-state index contributed by atoms with van der Waals surface area (Å²) in [6.45, 7) is 10.2. The third-order valence-electron chi connectivity index (χ3n) is 12.2. The van der Waals surface area contributed by atoms with Gasteiger partial charge in [0.25, 0.3) is 0 Å². The van der Waals surface area contributed by atoms with Gasteiger partial charge in [0.2, 0.25) is 5.91 Å². The second-order valence-electron chi connectivity index (χ2n) is 17.9. The Hall–Kier alpha value is -5.65. The van der Waals surface area contributed by atoms with Crippen LogP contribution in [-0.4, -0.2) is 68.2 Å². The summed E-state index contributed by atoms with van der Waals surface area (Å²) >= 11 is 0. The smallest absolute Gasteiger partial charge is 0.410 e. The second-order valence-corrected chi connectivity index (χ2v) is 17.9. The highest BCUT2D eigenvalue weighted by atomic mass is 16.6. The van der Waals surface area contributed by atoms with Crippen LogP contribution in [0.1, 0.15) is 103 Å². The Kier molecular flexibility index (Phi) is 10.5. The van der Waals surface area contributed by atoms with Crippen LogP contribution in [-0.2, 0) is 14.3 Å². The zero-order valence-corrected chi connectivity index (χ0v) is 34.4. The van der Waals surface area contributed by atoms with Gasteiger partial charge in [-0.05, 0) is 110 Å². The van der Waals surface area contributed by atoms with Crippen LogP contribution < -0.4 is 10.6 Å². The van der Waals surface area contributed by atoms with Crippen molar-refractivity contribution in [3.8, 4) is 33.6 Å². The van der Waals surface area contributed by atoms with E-state index in [-0.39, 0.29) is 41.3 Å². The minimum Gasteiger partial charge on any atom is -0.453 e. The number of hydrogen-bond acceptors (Lipinski definition) is 7. The highest BCUT2D eigenvalue weighted by Gasteiger charge is 2.55. The van der Waals surface area contributed by atoms with E-state index in [1.54, 1.807) is 0 Å². The number of nitrogens with zero attached hydrogens (tertiary/aromatic N) is 3. The van der Waals surface area contributed by atoms with Crippen LogP contribution in [0.3, 0.4) is 0 Å². The number of fused-ring (bicyclic) bond motifs is 1. The Bertz CT molecular complexity index is 2290. The minimum absolute atomic E-state index is 0.123. The van der Waals surface area contributed by atoms with Gasteiger partial charge in [-0.1, -0.05) is 75.2 Å². The molecule has 304 valence electrons. The summed E-state index contributed by atoms with van der Waals surface area (Å²) < 4.78 is 10.5. The van der Waals surface area contributed by atoms with Crippen LogP contribution in [0.5, 0.6) is 0 Å². The molecule has 0 radical (unpaired) electrons. The fraction of sp³-hybridized carbons (Fsp3) is 0.457. The molecule has 12 heteroatoms. The molecule has 58 heavy (non-hydrogen) atoms. The number of carbonyl (C=O) groups excluding carboxylic acids is 3. The average molecular weight is 786 g/mol. The van der Waals surface area contributed by atoms with Gasteiger partial charge in [-0.25, -0.2) is 19.6 Å². The topological polar surface area (TPSA) is 154 Å². The Morgan fingerprint density at radius 3 is 2.10 bits per heavy atom. The number of alkyl carbamates (subject to hydrolysis) is 1. The van der Waals surface area contributed by atoms with Crippen LogP contribution in [0.25, 0.3) is 44.4 Å². The van der Waals surface area contributed by atoms with E-state index >= 15 is 0 Å². The molecule has 3 amide bonds. The van der Waals surface area contributed by atoms with Crippen LogP contribution in [0.4, 0.5) is 9.59 Å². The maximum absolute atomic E-state index is 13.5. The van der Waals surface area contributed by atoms with E-state index in [2.05, 4.69) is 81.3 Å². The van der Waals surface area contributed by atoms with Gasteiger partial charge >= 0.3 is 12.2 Å². The van der Waals surface area contributed by atoms with Gasteiger partial charge in [0.15, 0.2) is 0 Å². The molecule has 2 aromatic heterocycles. The summed E-state index contributed by atoms with van der Waals surface area (Å²) in [6, 6.07) is 20.2. The number of hydrogen-bond donors (Lipinski definition) is 4. The number of imidazole rings is 2. The first kappa shape index (κ1) is 39.2. The van der Waals surface area contributed by atoms with Crippen molar-refractivity contribution in [2.24, 2.45) is 17.3 Å². The van der Waals surface area contributed by atoms with Crippen LogP contribution in [0.15, 0.2) is 73.1 Å². The standard InChI is InChI=1S/C46H55N7O5/c1-27(2)38(52-43(55)57-6)42(54)51-39(30-9-7-8-10-30)41-48-24-35(50-41)29-13-11-28(12-14-29)31-15-16-33-22-34(18-17-32(33)21-31)36-25-47-40(49-36)37-23-46(19-20-46)26-53(37)44(56)58-45(3,4)5/h11-18,21-22,24-25,27,30,37-39H,7-10,19-20,23,26H2,1-6H3,(H,47,49)(H,48,50)(H,51,54)(H,52,55)/t37-,38-,39-/m0/s1. The average Bonchev–Trinajstić information content (AvgIpc) is 3.77. The molecule has 1 spiro atoms. The Morgan fingerprint density at radius 1 is 0.828 bits per heavy atom. The lowest BCUT2D eigenvalue weighted by Crippen LogP contribution is -2.51. The summed E-state index contributed by atoms with van der Waals surface area (Å²) in [5.74, 6) is 1.40. The number of aromatic amines is 2. The zero-order chi connectivity index (χ0) is 40.8. The summed E-state index contributed by atoms with van der Waals surface area (Å²) in [6.07, 6.45) is 10.2. The SMILES string of the molecule is COC(=O)N[C@H](C(=O)N[C@H](c1ncc(-c2ccc(-c3ccc4cc(-c5cnc([C@@H]6CC7(CC7)CN6C(=O)OC(C)(C)C)[nH]5)ccc4c3)cc2)[nH]1)C1CCCC1)C(C)C. The monoisotopic (exact) mass is 785 g/mol. The van der Waals surface area contributed by atoms with E-state index < -0.39 is 17.7 Å². The van der Waals surface area contributed by atoms with E-state index in [1.807, 2.05) is 51.9 Å². The normalized spacial score (nSPS) is 18.7. The van der Waals surface area contributed by atoms with Gasteiger partial charge in [-0.15, -0.1) is 0 Å². The first-order valence-corrected chi connectivity index (χ1v) is 20.7. The predicted molar refractivity (Wildman–Crippen MR) is 224 cm³/mol. The highest BCUT2D eigenvalue weighted by molar-refractivity contribution is 5.91. The van der Waals surface area contributed by atoms with E-state index in [4.69, 9.17) is 19.4 Å². The molecule has 3 fully saturated rings. The summed E-state index contributed by atoms with van der Waals surface area (Å²) in [5, 5.41) is 8.15. The predicted octanol–water partition coefficient (Wildman–Crippen LogP) is 9.48. The number of ether oxygens (including phenoxy) is 2. The number of aromatic nitrogens is 4. The van der Waals surface area contributed by atoms with Crippen LogP contribution >= 0.6 is 0 Å². The maximum Gasteiger partial charge on any atom is 0.410 e. The molecule has 5 aromatic rings. The Labute approximate surface area is 339 Å². The molecule has 3 heterocycles. The first-order valence-electron chi connectivity index (χ1n) is 20.7. The number of amides is 3. The fourth-order valence-corrected chi connectivity index (χ4v) is 8.75. The third-order valence-corrected chi connectivity index (χ3v) is 12.2. The Morgan fingerprint density at radius 2 is 1.45 bits per heavy atom. The quantitative estimate of drug-likeness (QED) is 0.110. The van der Waals surface area contributed by atoms with Crippen LogP contribution in [0.2, 0.25) is 0 Å². The molecule has 1 aliphatic heterocycles. The molecule has 3 aromatic carbocycles. The number of likely N-dealkylation sites (tertiary alicyclic amines) is 1. The molecule has 4 N–H and O–H groups in total. The van der Waals surface area contributed by atoms with Crippen molar-refractivity contribution in [1.29, 1.82) is 0 Å². The Balaban J connectivity index is 0.960. The second kappa shape index (κ2) is 15.6. The summed E-state index contributed by atoms with van der Waals surface area (Å²) in [5.41, 5.74) is 5.69. The van der Waals surface area contributed by atoms with Crippen molar-refractivity contribution >= 4 is 28.9 Å². The van der Waals surface area contributed by atoms with Crippen molar-refractivity contribution in [2.45, 2.75) is 103 Å². The van der Waals surface area contributed by atoms with E-state index in [9.17, 15) is 14.4 Å². The lowest BCUT2D eigenvalue weighted by Gasteiger charge is -2.27. The van der Waals surface area contributed by atoms with Crippen molar-refractivity contribution < 1.29 is 23.9 Å². The van der Waals surface area contributed by atoms with Gasteiger partial charge in [0.1, 0.15) is 23.3 Å². The molecule has 0 bridgehead atoms. The van der Waals surface area contributed by atoms with Gasteiger partial charge < -0.3 is 30.1 Å². The molecule has 2 aliphatic carbocycles. The molecule has 8 rings (SSSR count). The number of methoxy groups -OCH3 is 1. The van der Waals surface area contributed by atoms with Gasteiger partial charge in [-0.2, -0.15) is 0 Å². The number of H-pyrrole nitrogens is 2. The lowest BCUT2D eigenvalue weighted by molar-refractivity contribution is -0.125. The van der Waals surface area contributed by atoms with E-state index in [1.165, 1.54) is 7.11 Å². The number of benzene rings is 3. The van der Waals surface area contributed by atoms with E-state index in [0.29, 0.717) is 12.4 Å². The minimum atomic E-state index is -0.725. The maximum atomic E-state index is 13.5. The van der Waals surface area contributed by atoms with Gasteiger partial charge in [0, 0.05) is 12.1 Å². The van der Waals surface area contributed by atoms with Crippen molar-refractivity contribution in [2.75, 3.05) is 13.7 Å².